The number of pyridine rings is 1. The van der Waals surface area contributed by atoms with Crippen LogP contribution in [0, 0.1) is 0 Å². The van der Waals surface area contributed by atoms with Crippen LogP contribution in [0.2, 0.25) is 0 Å². The summed E-state index contributed by atoms with van der Waals surface area (Å²) in [6, 6.07) is 14.0. The van der Waals surface area contributed by atoms with Crippen LogP contribution in [0.3, 0.4) is 0 Å². The molecule has 2 heterocycles. The highest BCUT2D eigenvalue weighted by molar-refractivity contribution is 5.92. The number of carbonyl (C=O) groups is 1. The van der Waals surface area contributed by atoms with E-state index in [2.05, 4.69) is 27.3 Å². The van der Waals surface area contributed by atoms with E-state index < -0.39 is 0 Å². The Bertz CT molecular complexity index is 619. The topological polar surface area (TPSA) is 45.2 Å². The Balaban J connectivity index is 1.51. The van der Waals surface area contributed by atoms with E-state index in [1.807, 2.05) is 36.5 Å². The molecule has 0 unspecified atom stereocenters. The normalized spacial score (nSPS) is 14.5. The fourth-order valence-corrected chi connectivity index (χ4v) is 2.92. The Morgan fingerprint density at radius 2 is 1.83 bits per heavy atom. The molecule has 1 aliphatic rings. The van der Waals surface area contributed by atoms with Crippen molar-refractivity contribution in [3.8, 4) is 0 Å². The SMILES string of the molecule is O=C(NCCc1ccccc1)c1ccc(N2CCCCC2)cn1. The number of amides is 1. The number of nitrogens with one attached hydrogen (secondary N) is 1. The largest absolute Gasteiger partial charge is 0.370 e. The lowest BCUT2D eigenvalue weighted by Crippen LogP contribution is -2.30. The zero-order valence-electron chi connectivity index (χ0n) is 13.4. The molecule has 0 radical (unpaired) electrons. The summed E-state index contributed by atoms with van der Waals surface area (Å²) in [6.07, 6.45) is 6.44. The van der Waals surface area contributed by atoms with Crippen molar-refractivity contribution in [2.75, 3.05) is 24.5 Å². The van der Waals surface area contributed by atoms with Crippen molar-refractivity contribution < 1.29 is 4.79 Å². The van der Waals surface area contributed by atoms with Gasteiger partial charge in [-0.2, -0.15) is 0 Å². The van der Waals surface area contributed by atoms with Crippen LogP contribution in [-0.4, -0.2) is 30.5 Å². The van der Waals surface area contributed by atoms with Gasteiger partial charge in [-0.3, -0.25) is 4.79 Å². The maximum Gasteiger partial charge on any atom is 0.269 e. The Morgan fingerprint density at radius 1 is 1.04 bits per heavy atom. The molecule has 0 bridgehead atoms. The molecular weight excluding hydrogens is 286 g/mol. The molecular formula is C19H23N3O. The minimum atomic E-state index is -0.105. The molecule has 4 nitrogen and oxygen atoms in total. The lowest BCUT2D eigenvalue weighted by Gasteiger charge is -2.28. The number of carbonyl (C=O) groups excluding carboxylic acids is 1. The van der Waals surface area contributed by atoms with Crippen molar-refractivity contribution in [1.82, 2.24) is 10.3 Å². The average molecular weight is 309 g/mol. The summed E-state index contributed by atoms with van der Waals surface area (Å²) in [5.41, 5.74) is 2.82. The molecule has 120 valence electrons. The van der Waals surface area contributed by atoms with Crippen molar-refractivity contribution in [1.29, 1.82) is 0 Å². The molecule has 0 saturated carbocycles. The Labute approximate surface area is 137 Å². The highest BCUT2D eigenvalue weighted by Gasteiger charge is 2.12. The molecule has 4 heteroatoms. The third-order valence-corrected chi connectivity index (χ3v) is 4.24. The summed E-state index contributed by atoms with van der Waals surface area (Å²) in [4.78, 5) is 18.8. The predicted octanol–water partition coefficient (Wildman–Crippen LogP) is 3.04. The fraction of sp³-hybridized carbons (Fsp3) is 0.368. The van der Waals surface area contributed by atoms with Gasteiger partial charge in [0, 0.05) is 19.6 Å². The van der Waals surface area contributed by atoms with Crippen LogP contribution in [0.4, 0.5) is 5.69 Å². The maximum absolute atomic E-state index is 12.1. The van der Waals surface area contributed by atoms with Gasteiger partial charge < -0.3 is 10.2 Å². The molecule has 0 aliphatic carbocycles. The lowest BCUT2D eigenvalue weighted by atomic mass is 10.1. The first-order valence-electron chi connectivity index (χ1n) is 8.36. The minimum absolute atomic E-state index is 0.105. The summed E-state index contributed by atoms with van der Waals surface area (Å²) >= 11 is 0. The molecule has 1 aliphatic heterocycles. The van der Waals surface area contributed by atoms with Crippen molar-refractivity contribution >= 4 is 11.6 Å². The highest BCUT2D eigenvalue weighted by atomic mass is 16.1. The quantitative estimate of drug-likeness (QED) is 0.923. The fourth-order valence-electron chi connectivity index (χ4n) is 2.92. The average Bonchev–Trinajstić information content (AvgIpc) is 2.63. The van der Waals surface area contributed by atoms with Gasteiger partial charge in [-0.05, 0) is 43.4 Å². The summed E-state index contributed by atoms with van der Waals surface area (Å²) < 4.78 is 0. The van der Waals surface area contributed by atoms with Crippen molar-refractivity contribution in [3.05, 3.63) is 59.9 Å². The molecule has 1 amide bonds. The molecule has 0 atom stereocenters. The van der Waals surface area contributed by atoms with Crippen LogP contribution in [0.5, 0.6) is 0 Å². The third kappa shape index (κ3) is 4.31. The van der Waals surface area contributed by atoms with Gasteiger partial charge in [-0.25, -0.2) is 4.98 Å². The second-order valence-electron chi connectivity index (χ2n) is 5.94. The van der Waals surface area contributed by atoms with Gasteiger partial charge in [0.15, 0.2) is 0 Å². The number of piperidine rings is 1. The third-order valence-electron chi connectivity index (χ3n) is 4.24. The summed E-state index contributed by atoms with van der Waals surface area (Å²) in [5.74, 6) is -0.105. The molecule has 0 spiro atoms. The first-order valence-corrected chi connectivity index (χ1v) is 8.36. The zero-order valence-corrected chi connectivity index (χ0v) is 13.4. The van der Waals surface area contributed by atoms with Crippen LogP contribution >= 0.6 is 0 Å². The van der Waals surface area contributed by atoms with E-state index in [1.165, 1.54) is 24.8 Å². The molecule has 3 rings (SSSR count). The Hall–Kier alpha value is -2.36. The molecule has 2 aromatic rings. The summed E-state index contributed by atoms with van der Waals surface area (Å²) in [6.45, 7) is 2.80. The van der Waals surface area contributed by atoms with E-state index in [9.17, 15) is 4.79 Å². The minimum Gasteiger partial charge on any atom is -0.370 e. The number of hydrogen-bond acceptors (Lipinski definition) is 3. The number of benzene rings is 1. The number of hydrogen-bond donors (Lipinski definition) is 1. The molecule has 1 fully saturated rings. The summed E-state index contributed by atoms with van der Waals surface area (Å²) in [5, 5.41) is 2.93. The number of anilines is 1. The smallest absolute Gasteiger partial charge is 0.269 e. The maximum atomic E-state index is 12.1. The zero-order chi connectivity index (χ0) is 15.9. The molecule has 1 saturated heterocycles. The van der Waals surface area contributed by atoms with Gasteiger partial charge in [0.05, 0.1) is 11.9 Å². The predicted molar refractivity (Wildman–Crippen MR) is 92.8 cm³/mol. The van der Waals surface area contributed by atoms with Gasteiger partial charge in [-0.15, -0.1) is 0 Å². The van der Waals surface area contributed by atoms with Crippen molar-refractivity contribution in [3.63, 3.8) is 0 Å². The first-order chi connectivity index (χ1) is 11.3. The second kappa shape index (κ2) is 7.77. The Kier molecular flexibility index (Phi) is 5.25. The number of aromatic nitrogens is 1. The number of rotatable bonds is 5. The van der Waals surface area contributed by atoms with Crippen LogP contribution < -0.4 is 10.2 Å². The van der Waals surface area contributed by atoms with Gasteiger partial charge in [0.2, 0.25) is 0 Å². The van der Waals surface area contributed by atoms with E-state index in [-0.39, 0.29) is 5.91 Å². The first kappa shape index (κ1) is 15.5. The molecule has 23 heavy (non-hydrogen) atoms. The van der Waals surface area contributed by atoms with E-state index in [0.717, 1.165) is 25.2 Å². The monoisotopic (exact) mass is 309 g/mol. The van der Waals surface area contributed by atoms with Gasteiger partial charge >= 0.3 is 0 Å². The van der Waals surface area contributed by atoms with Crippen molar-refractivity contribution in [2.24, 2.45) is 0 Å². The van der Waals surface area contributed by atoms with Crippen molar-refractivity contribution in [2.45, 2.75) is 25.7 Å². The van der Waals surface area contributed by atoms with Crippen LogP contribution in [0.15, 0.2) is 48.7 Å². The van der Waals surface area contributed by atoms with E-state index >= 15 is 0 Å². The van der Waals surface area contributed by atoms with Crippen LogP contribution in [0.25, 0.3) is 0 Å². The van der Waals surface area contributed by atoms with Gasteiger partial charge in [-0.1, -0.05) is 30.3 Å². The molecule has 1 aromatic carbocycles. The summed E-state index contributed by atoms with van der Waals surface area (Å²) in [7, 11) is 0. The number of nitrogens with zero attached hydrogens (tertiary/aromatic N) is 2. The second-order valence-corrected chi connectivity index (χ2v) is 5.94. The van der Waals surface area contributed by atoms with Gasteiger partial charge in [0.1, 0.15) is 5.69 Å². The van der Waals surface area contributed by atoms with E-state index in [4.69, 9.17) is 0 Å². The van der Waals surface area contributed by atoms with Gasteiger partial charge in [0.25, 0.3) is 5.91 Å². The Morgan fingerprint density at radius 3 is 2.52 bits per heavy atom. The standard InChI is InChI=1S/C19H23N3O/c23-19(20-12-11-16-7-3-1-4-8-16)18-10-9-17(15-21-18)22-13-5-2-6-14-22/h1,3-4,7-10,15H,2,5-6,11-14H2,(H,20,23). The molecule has 1 N–H and O–H groups in total. The molecule has 1 aromatic heterocycles. The van der Waals surface area contributed by atoms with E-state index in [0.29, 0.717) is 12.2 Å². The van der Waals surface area contributed by atoms with E-state index in [1.54, 1.807) is 0 Å². The lowest BCUT2D eigenvalue weighted by molar-refractivity contribution is 0.0949. The van der Waals surface area contributed by atoms with Crippen LogP contribution in [-0.2, 0) is 6.42 Å². The highest BCUT2D eigenvalue weighted by Crippen LogP contribution is 2.18. The van der Waals surface area contributed by atoms with Crippen LogP contribution in [0.1, 0.15) is 35.3 Å².